The van der Waals surface area contributed by atoms with E-state index < -0.39 is 0 Å². The fourth-order valence-corrected chi connectivity index (χ4v) is 4.71. The molecule has 0 saturated heterocycles. The molecule has 0 aliphatic rings. The highest BCUT2D eigenvalue weighted by atomic mass is 32.1. The van der Waals surface area contributed by atoms with E-state index in [0.717, 1.165) is 21.6 Å². The van der Waals surface area contributed by atoms with Gasteiger partial charge in [0.1, 0.15) is 23.0 Å². The SMILES string of the molecule is Cc1ccc(-c2c(C)sc3nc(Cn4nnc(-c5ccc(F)c(C)c5)n4)[nH]c(=O)c23)cc1. The predicted molar refractivity (Wildman–Crippen MR) is 122 cm³/mol. The smallest absolute Gasteiger partial charge is 0.260 e. The maximum atomic E-state index is 13.5. The monoisotopic (exact) mass is 446 g/mol. The highest BCUT2D eigenvalue weighted by molar-refractivity contribution is 7.19. The first-order valence-corrected chi connectivity index (χ1v) is 10.8. The van der Waals surface area contributed by atoms with E-state index in [4.69, 9.17) is 0 Å². The fourth-order valence-electron chi connectivity index (χ4n) is 3.65. The predicted octanol–water partition coefficient (Wildman–Crippen LogP) is 4.42. The number of aromatic amines is 1. The van der Waals surface area contributed by atoms with Gasteiger partial charge >= 0.3 is 0 Å². The molecule has 3 aromatic heterocycles. The highest BCUT2D eigenvalue weighted by Crippen LogP contribution is 2.35. The number of halogens is 1. The number of fused-ring (bicyclic) bond motifs is 1. The maximum absolute atomic E-state index is 13.5. The number of rotatable bonds is 4. The Morgan fingerprint density at radius 1 is 1.06 bits per heavy atom. The Morgan fingerprint density at radius 3 is 2.56 bits per heavy atom. The minimum Gasteiger partial charge on any atom is -0.308 e. The second-order valence-electron chi connectivity index (χ2n) is 7.70. The quantitative estimate of drug-likeness (QED) is 0.441. The summed E-state index contributed by atoms with van der Waals surface area (Å²) in [4.78, 5) is 23.5. The van der Waals surface area contributed by atoms with Gasteiger partial charge in [0.2, 0.25) is 5.82 Å². The molecule has 32 heavy (non-hydrogen) atoms. The lowest BCUT2D eigenvalue weighted by Gasteiger charge is -2.03. The molecule has 0 amide bonds. The summed E-state index contributed by atoms with van der Waals surface area (Å²) in [5.41, 5.74) is 4.06. The van der Waals surface area contributed by atoms with Crippen LogP contribution in [0.4, 0.5) is 4.39 Å². The molecule has 9 heteroatoms. The number of hydrogen-bond donors (Lipinski definition) is 1. The number of tetrazole rings is 1. The van der Waals surface area contributed by atoms with Crippen molar-refractivity contribution >= 4 is 21.6 Å². The van der Waals surface area contributed by atoms with Gasteiger partial charge in [-0.05, 0) is 55.3 Å². The number of aryl methyl sites for hydroxylation is 3. The zero-order chi connectivity index (χ0) is 22.4. The van der Waals surface area contributed by atoms with Crippen molar-refractivity contribution in [3.63, 3.8) is 0 Å². The molecule has 0 aliphatic carbocycles. The molecular weight excluding hydrogens is 427 g/mol. The molecule has 5 rings (SSSR count). The zero-order valence-electron chi connectivity index (χ0n) is 17.7. The molecule has 0 bridgehead atoms. The molecule has 7 nitrogen and oxygen atoms in total. The molecule has 0 unspecified atom stereocenters. The Bertz CT molecular complexity index is 1520. The molecule has 5 aromatic rings. The molecule has 160 valence electrons. The second-order valence-corrected chi connectivity index (χ2v) is 8.90. The molecule has 0 aliphatic heterocycles. The van der Waals surface area contributed by atoms with Crippen molar-refractivity contribution in [3.8, 4) is 22.5 Å². The van der Waals surface area contributed by atoms with Crippen LogP contribution in [0.1, 0.15) is 21.8 Å². The van der Waals surface area contributed by atoms with E-state index in [9.17, 15) is 9.18 Å². The van der Waals surface area contributed by atoms with Gasteiger partial charge in [-0.15, -0.1) is 21.5 Å². The largest absolute Gasteiger partial charge is 0.308 e. The summed E-state index contributed by atoms with van der Waals surface area (Å²) in [6, 6.07) is 12.8. The van der Waals surface area contributed by atoms with Gasteiger partial charge < -0.3 is 4.98 Å². The Hall–Kier alpha value is -3.72. The number of hydrogen-bond acceptors (Lipinski definition) is 6. The van der Waals surface area contributed by atoms with Crippen LogP contribution in [0.25, 0.3) is 32.7 Å². The Balaban J connectivity index is 1.49. The lowest BCUT2D eigenvalue weighted by atomic mass is 10.0. The molecule has 1 N–H and O–H groups in total. The van der Waals surface area contributed by atoms with Crippen molar-refractivity contribution in [1.82, 2.24) is 30.2 Å². The lowest BCUT2D eigenvalue weighted by molar-refractivity contribution is 0.555. The van der Waals surface area contributed by atoms with Gasteiger partial charge in [-0.25, -0.2) is 9.37 Å². The van der Waals surface area contributed by atoms with Gasteiger partial charge in [0, 0.05) is 16.0 Å². The van der Waals surface area contributed by atoms with Crippen LogP contribution in [0.15, 0.2) is 47.3 Å². The van der Waals surface area contributed by atoms with Crippen LogP contribution in [0, 0.1) is 26.6 Å². The van der Waals surface area contributed by atoms with Gasteiger partial charge in [-0.1, -0.05) is 29.8 Å². The standard InChI is InChI=1S/C23H19FN6OS/c1-12-4-6-15(7-5-12)19-14(3)32-23-20(19)22(31)25-18(26-23)11-30-28-21(27-29-30)16-8-9-17(24)13(2)10-16/h4-10H,11H2,1-3H3,(H,25,26,31). The first-order valence-electron chi connectivity index (χ1n) is 10.0. The minimum absolute atomic E-state index is 0.162. The second kappa shape index (κ2) is 7.76. The number of H-pyrrole nitrogens is 1. The number of benzene rings is 2. The normalized spacial score (nSPS) is 11.4. The number of aromatic nitrogens is 6. The van der Waals surface area contributed by atoms with E-state index in [1.54, 1.807) is 19.1 Å². The van der Waals surface area contributed by atoms with Crippen LogP contribution in [0.2, 0.25) is 0 Å². The third kappa shape index (κ3) is 3.60. The maximum Gasteiger partial charge on any atom is 0.260 e. The average molecular weight is 447 g/mol. The summed E-state index contributed by atoms with van der Waals surface area (Å²) in [6.45, 7) is 5.87. The average Bonchev–Trinajstić information content (AvgIpc) is 3.35. The van der Waals surface area contributed by atoms with Crippen molar-refractivity contribution < 1.29 is 4.39 Å². The minimum atomic E-state index is -0.285. The summed E-state index contributed by atoms with van der Waals surface area (Å²) in [6.07, 6.45) is 0. The fraction of sp³-hybridized carbons (Fsp3) is 0.174. The molecule has 0 spiro atoms. The molecule has 0 radical (unpaired) electrons. The molecule has 3 heterocycles. The highest BCUT2D eigenvalue weighted by Gasteiger charge is 2.17. The van der Waals surface area contributed by atoms with E-state index in [1.165, 1.54) is 22.2 Å². The van der Waals surface area contributed by atoms with Crippen LogP contribution in [-0.4, -0.2) is 30.2 Å². The Morgan fingerprint density at radius 2 is 1.81 bits per heavy atom. The summed E-state index contributed by atoms with van der Waals surface area (Å²) < 4.78 is 13.5. The lowest BCUT2D eigenvalue weighted by Crippen LogP contribution is -2.15. The Labute approximate surface area is 186 Å². The van der Waals surface area contributed by atoms with E-state index in [0.29, 0.717) is 33.0 Å². The van der Waals surface area contributed by atoms with Crippen LogP contribution >= 0.6 is 11.3 Å². The van der Waals surface area contributed by atoms with Gasteiger partial charge in [-0.3, -0.25) is 4.79 Å². The number of thiophene rings is 1. The Kier molecular flexibility index (Phi) is 4.90. The van der Waals surface area contributed by atoms with Crippen LogP contribution in [-0.2, 0) is 6.54 Å². The molecule has 0 atom stereocenters. The summed E-state index contributed by atoms with van der Waals surface area (Å²) in [5, 5.41) is 13.0. The van der Waals surface area contributed by atoms with Crippen molar-refractivity contribution in [2.45, 2.75) is 27.3 Å². The summed E-state index contributed by atoms with van der Waals surface area (Å²) in [5.74, 6) is 0.538. The third-order valence-electron chi connectivity index (χ3n) is 5.29. The first kappa shape index (κ1) is 20.2. The van der Waals surface area contributed by atoms with Gasteiger partial charge in [-0.2, -0.15) is 4.80 Å². The number of nitrogens with zero attached hydrogens (tertiary/aromatic N) is 5. The van der Waals surface area contributed by atoms with Crippen LogP contribution < -0.4 is 5.56 Å². The van der Waals surface area contributed by atoms with Gasteiger partial charge in [0.15, 0.2) is 0 Å². The summed E-state index contributed by atoms with van der Waals surface area (Å²) >= 11 is 1.49. The van der Waals surface area contributed by atoms with Gasteiger partial charge in [0.05, 0.1) is 5.39 Å². The molecule has 0 saturated carbocycles. The van der Waals surface area contributed by atoms with E-state index in [1.807, 2.05) is 38.1 Å². The van der Waals surface area contributed by atoms with E-state index >= 15 is 0 Å². The topological polar surface area (TPSA) is 89.3 Å². The third-order valence-corrected chi connectivity index (χ3v) is 6.29. The van der Waals surface area contributed by atoms with E-state index in [-0.39, 0.29) is 17.9 Å². The van der Waals surface area contributed by atoms with Crippen LogP contribution in [0.5, 0.6) is 0 Å². The van der Waals surface area contributed by atoms with Gasteiger partial charge in [0.25, 0.3) is 5.56 Å². The van der Waals surface area contributed by atoms with Crippen molar-refractivity contribution in [1.29, 1.82) is 0 Å². The zero-order valence-corrected chi connectivity index (χ0v) is 18.5. The van der Waals surface area contributed by atoms with Crippen LogP contribution in [0.3, 0.4) is 0 Å². The van der Waals surface area contributed by atoms with Crippen molar-refractivity contribution in [2.24, 2.45) is 0 Å². The molecule has 0 fully saturated rings. The number of nitrogens with one attached hydrogen (secondary N) is 1. The van der Waals surface area contributed by atoms with E-state index in [2.05, 4.69) is 25.4 Å². The van der Waals surface area contributed by atoms with Crippen molar-refractivity contribution in [3.05, 3.63) is 80.5 Å². The first-order chi connectivity index (χ1) is 15.4. The van der Waals surface area contributed by atoms with Crippen molar-refractivity contribution in [2.75, 3.05) is 0 Å². The summed E-state index contributed by atoms with van der Waals surface area (Å²) in [7, 11) is 0. The molecular formula is C23H19FN6OS. The molecule has 2 aromatic carbocycles.